The fraction of sp³-hybridized carbons (Fsp3) is 0.0303. The second kappa shape index (κ2) is 14.8. The van der Waals surface area contributed by atoms with Crippen LogP contribution in [0.4, 0.5) is 17.1 Å². The zero-order chi connectivity index (χ0) is 45.3. The van der Waals surface area contributed by atoms with Gasteiger partial charge in [0.2, 0.25) is 0 Å². The molecule has 0 radical (unpaired) electrons. The normalized spacial score (nSPS) is 14.5. The lowest BCUT2D eigenvalue weighted by Gasteiger charge is -2.40. The number of anilines is 3. The molecule has 4 aliphatic rings. The van der Waals surface area contributed by atoms with Crippen molar-refractivity contribution in [3.8, 4) is 33.4 Å². The highest BCUT2D eigenvalue weighted by molar-refractivity contribution is 7.99. The van der Waals surface area contributed by atoms with E-state index in [0.29, 0.717) is 0 Å². The number of hydrogen-bond donors (Lipinski definition) is 0. The minimum Gasteiger partial charge on any atom is -0.309 e. The summed E-state index contributed by atoms with van der Waals surface area (Å²) in [5, 5.41) is 2.41. The second-order valence-corrected chi connectivity index (χ2v) is 20.8. The quantitative estimate of drug-likeness (QED) is 0.173. The molecule has 1 nitrogen and oxygen atoms in total. The van der Waals surface area contributed by atoms with Gasteiger partial charge in [0.15, 0.2) is 0 Å². The van der Waals surface area contributed by atoms with Gasteiger partial charge in [-0.15, -0.1) is 0 Å². The monoisotopic (exact) mass is 911 g/mol. The summed E-state index contributed by atoms with van der Waals surface area (Å²) in [4.78, 5) is 7.83. The molecule has 0 bridgehead atoms. The number of benzene rings is 11. The SMILES string of the molecule is c1ccc(-c2ccc3cc(N(c4cccc5c4-c4ccccc4C54c5ccccc5Sc5ccccc54)c4cccc5c4-c4ccccc4C54c5ccccc5Sc5ccccc54)ccc3c2)cc1. The highest BCUT2D eigenvalue weighted by Gasteiger charge is 2.53. The summed E-state index contributed by atoms with van der Waals surface area (Å²) in [7, 11) is 0. The maximum Gasteiger partial charge on any atom is 0.0736 e. The van der Waals surface area contributed by atoms with E-state index < -0.39 is 10.8 Å². The van der Waals surface area contributed by atoms with Crippen LogP contribution in [0.3, 0.4) is 0 Å². The maximum absolute atomic E-state index is 2.61. The van der Waals surface area contributed by atoms with Gasteiger partial charge in [-0.3, -0.25) is 0 Å². The Labute approximate surface area is 410 Å². The molecule has 69 heavy (non-hydrogen) atoms. The van der Waals surface area contributed by atoms with Gasteiger partial charge in [0.1, 0.15) is 0 Å². The summed E-state index contributed by atoms with van der Waals surface area (Å²) in [5.41, 5.74) is 20.6. The maximum atomic E-state index is 2.61. The van der Waals surface area contributed by atoms with Crippen molar-refractivity contribution in [2.24, 2.45) is 0 Å². The van der Waals surface area contributed by atoms with Crippen molar-refractivity contribution in [2.45, 2.75) is 30.4 Å². The smallest absolute Gasteiger partial charge is 0.0736 e. The molecule has 3 heteroatoms. The van der Waals surface area contributed by atoms with Gasteiger partial charge in [-0.05, 0) is 132 Å². The summed E-state index contributed by atoms with van der Waals surface area (Å²) in [6.45, 7) is 0. The Hall–Kier alpha value is -7.82. The summed E-state index contributed by atoms with van der Waals surface area (Å²) < 4.78 is 0. The van der Waals surface area contributed by atoms with E-state index in [1.807, 2.05) is 23.5 Å². The Kier molecular flexibility index (Phi) is 8.43. The van der Waals surface area contributed by atoms with Crippen molar-refractivity contribution in [1.82, 2.24) is 0 Å². The molecule has 2 spiro atoms. The van der Waals surface area contributed by atoms with Crippen molar-refractivity contribution in [3.05, 3.63) is 293 Å². The molecular weight excluding hydrogens is 871 g/mol. The lowest BCUT2D eigenvalue weighted by atomic mass is 9.67. The first-order valence-corrected chi connectivity index (χ1v) is 25.5. The molecule has 15 rings (SSSR count). The van der Waals surface area contributed by atoms with Crippen molar-refractivity contribution < 1.29 is 0 Å². The lowest BCUT2D eigenvalue weighted by molar-refractivity contribution is 0.722. The Morgan fingerprint density at radius 1 is 0.275 bits per heavy atom. The fourth-order valence-electron chi connectivity index (χ4n) is 12.7. The lowest BCUT2D eigenvalue weighted by Crippen LogP contribution is -2.32. The number of rotatable bonds is 4. The minimum atomic E-state index is -0.508. The van der Waals surface area contributed by atoms with E-state index in [1.54, 1.807) is 0 Å². The first-order valence-electron chi connectivity index (χ1n) is 23.8. The molecule has 0 N–H and O–H groups in total. The molecule has 2 heterocycles. The summed E-state index contributed by atoms with van der Waals surface area (Å²) in [5.74, 6) is 0. The summed E-state index contributed by atoms with van der Waals surface area (Å²) >= 11 is 3.79. The molecule has 0 amide bonds. The topological polar surface area (TPSA) is 3.24 Å². The van der Waals surface area contributed by atoms with Crippen LogP contribution in [0.2, 0.25) is 0 Å². The van der Waals surface area contributed by atoms with Gasteiger partial charge in [-0.2, -0.15) is 0 Å². The number of hydrogen-bond acceptors (Lipinski definition) is 3. The molecular formula is C66H41NS2. The van der Waals surface area contributed by atoms with E-state index in [2.05, 4.69) is 254 Å². The van der Waals surface area contributed by atoms with E-state index in [9.17, 15) is 0 Å². The Morgan fingerprint density at radius 3 is 1.16 bits per heavy atom. The molecule has 11 aromatic carbocycles. The molecule has 0 saturated carbocycles. The van der Waals surface area contributed by atoms with Gasteiger partial charge in [0.25, 0.3) is 0 Å². The highest BCUT2D eigenvalue weighted by atomic mass is 32.2. The zero-order valence-electron chi connectivity index (χ0n) is 37.4. The Balaban J connectivity index is 1.05. The molecule has 2 aliphatic carbocycles. The van der Waals surface area contributed by atoms with Crippen molar-refractivity contribution in [1.29, 1.82) is 0 Å². The predicted octanol–water partition coefficient (Wildman–Crippen LogP) is 17.6. The Morgan fingerprint density at radius 2 is 0.667 bits per heavy atom. The van der Waals surface area contributed by atoms with E-state index in [1.165, 1.54) is 108 Å². The van der Waals surface area contributed by atoms with Crippen molar-refractivity contribution in [2.75, 3.05) is 4.90 Å². The fourth-order valence-corrected chi connectivity index (χ4v) is 15.1. The molecule has 0 atom stereocenters. The van der Waals surface area contributed by atoms with Crippen molar-refractivity contribution in [3.63, 3.8) is 0 Å². The summed E-state index contributed by atoms with van der Waals surface area (Å²) in [6, 6.07) is 93.9. The van der Waals surface area contributed by atoms with Gasteiger partial charge in [0.05, 0.1) is 22.2 Å². The highest BCUT2D eigenvalue weighted by Crippen LogP contribution is 2.67. The average Bonchev–Trinajstić information content (AvgIpc) is 3.88. The van der Waals surface area contributed by atoms with Gasteiger partial charge in [-0.1, -0.05) is 218 Å². The van der Waals surface area contributed by atoms with Gasteiger partial charge < -0.3 is 4.90 Å². The molecule has 11 aromatic rings. The molecule has 0 fully saturated rings. The molecule has 2 aliphatic heterocycles. The van der Waals surface area contributed by atoms with Crippen LogP contribution < -0.4 is 4.90 Å². The van der Waals surface area contributed by atoms with Crippen LogP contribution in [0.1, 0.15) is 44.5 Å². The van der Waals surface area contributed by atoms with Crippen molar-refractivity contribution >= 4 is 51.4 Å². The predicted molar refractivity (Wildman–Crippen MR) is 287 cm³/mol. The van der Waals surface area contributed by atoms with E-state index >= 15 is 0 Å². The van der Waals surface area contributed by atoms with E-state index in [-0.39, 0.29) is 0 Å². The van der Waals surface area contributed by atoms with Gasteiger partial charge in [0, 0.05) is 36.4 Å². The minimum absolute atomic E-state index is 0.508. The number of fused-ring (bicyclic) bond motifs is 19. The first-order chi connectivity index (χ1) is 34.2. The van der Waals surface area contributed by atoms with Gasteiger partial charge in [-0.25, -0.2) is 0 Å². The summed E-state index contributed by atoms with van der Waals surface area (Å²) in [6.07, 6.45) is 0. The van der Waals surface area contributed by atoms with Crippen LogP contribution in [0.15, 0.2) is 268 Å². The molecule has 0 saturated heterocycles. The standard InChI is InChI=1S/C66H41NS2/c1-2-18-42(19-3-1)43-36-37-45-41-46(39-38-44(45)40-43)67(57-30-16-28-55-63(57)47-20-4-6-22-49(47)65(55)51-24-8-12-32-59(51)68-60-33-13-9-25-52(60)65)58-31-17-29-56-64(58)48-21-5-7-23-50(48)66(56)53-26-10-14-34-61(53)69-62-35-15-11-27-54(62)66/h1-41H. The third-order valence-electron chi connectivity index (χ3n) is 15.4. The second-order valence-electron chi connectivity index (χ2n) is 18.6. The van der Waals surface area contributed by atoms with Gasteiger partial charge >= 0.3 is 0 Å². The van der Waals surface area contributed by atoms with E-state index in [0.717, 1.165) is 17.1 Å². The average molecular weight is 912 g/mol. The molecule has 0 aromatic heterocycles. The first kappa shape index (κ1) is 39.2. The third kappa shape index (κ3) is 5.29. The van der Waals surface area contributed by atoms with Crippen LogP contribution in [-0.2, 0) is 10.8 Å². The van der Waals surface area contributed by atoms with E-state index in [4.69, 9.17) is 0 Å². The van der Waals surface area contributed by atoms with Crippen LogP contribution >= 0.6 is 23.5 Å². The molecule has 0 unspecified atom stereocenters. The van der Waals surface area contributed by atoms with Crippen LogP contribution in [-0.4, -0.2) is 0 Å². The number of nitrogens with zero attached hydrogens (tertiary/aromatic N) is 1. The van der Waals surface area contributed by atoms with Crippen LogP contribution in [0.25, 0.3) is 44.2 Å². The zero-order valence-corrected chi connectivity index (χ0v) is 39.1. The van der Waals surface area contributed by atoms with Crippen LogP contribution in [0.5, 0.6) is 0 Å². The van der Waals surface area contributed by atoms with Crippen LogP contribution in [0, 0.1) is 0 Å². The third-order valence-corrected chi connectivity index (χ3v) is 17.7. The molecule has 322 valence electrons. The largest absolute Gasteiger partial charge is 0.309 e. The Bertz CT molecular complexity index is 3660.